The third kappa shape index (κ3) is 4.19. The fourth-order valence-corrected chi connectivity index (χ4v) is 3.62. The van der Waals surface area contributed by atoms with Crippen LogP contribution in [0, 0.1) is 12.8 Å². The van der Waals surface area contributed by atoms with E-state index < -0.39 is 15.8 Å². The summed E-state index contributed by atoms with van der Waals surface area (Å²) in [6, 6.07) is 3.68. The summed E-state index contributed by atoms with van der Waals surface area (Å²) in [5.41, 5.74) is 2.16. The molecule has 7 nitrogen and oxygen atoms in total. The van der Waals surface area contributed by atoms with Gasteiger partial charge in [-0.05, 0) is 26.0 Å². The molecule has 2 rings (SSSR count). The number of pyridine rings is 1. The van der Waals surface area contributed by atoms with Gasteiger partial charge in [0.05, 0.1) is 35.2 Å². The van der Waals surface area contributed by atoms with E-state index in [4.69, 9.17) is 0 Å². The lowest BCUT2D eigenvalue weighted by molar-refractivity contribution is -0.121. The van der Waals surface area contributed by atoms with Crippen LogP contribution in [0.4, 0.5) is 5.69 Å². The van der Waals surface area contributed by atoms with E-state index in [-0.39, 0.29) is 11.7 Å². The minimum Gasteiger partial charge on any atom is -0.309 e. The number of nitrogens with zero attached hydrogens (tertiary/aromatic N) is 4. The molecule has 0 bridgehead atoms. The smallest absolute Gasteiger partial charge is 0.230 e. The van der Waals surface area contributed by atoms with Crippen molar-refractivity contribution in [3.05, 3.63) is 36.4 Å². The van der Waals surface area contributed by atoms with Gasteiger partial charge >= 0.3 is 0 Å². The average molecular weight is 350 g/mol. The quantitative estimate of drug-likeness (QED) is 0.790. The highest BCUT2D eigenvalue weighted by atomic mass is 32.2. The molecule has 0 aliphatic heterocycles. The zero-order valence-corrected chi connectivity index (χ0v) is 15.1. The van der Waals surface area contributed by atoms with Crippen molar-refractivity contribution in [1.29, 1.82) is 0 Å². The molecular weight excluding hydrogens is 328 g/mol. The van der Waals surface area contributed by atoms with Gasteiger partial charge in [0.2, 0.25) is 5.91 Å². The molecule has 1 unspecified atom stereocenters. The largest absolute Gasteiger partial charge is 0.309 e. The summed E-state index contributed by atoms with van der Waals surface area (Å²) in [5, 5.41) is 4.43. The number of hydrogen-bond acceptors (Lipinski definition) is 5. The molecule has 1 amide bonds. The van der Waals surface area contributed by atoms with Gasteiger partial charge in [0.25, 0.3) is 0 Å². The predicted octanol–water partition coefficient (Wildman–Crippen LogP) is 1.61. The number of aromatic nitrogens is 3. The average Bonchev–Trinajstić information content (AvgIpc) is 2.89. The van der Waals surface area contributed by atoms with Gasteiger partial charge in [-0.1, -0.05) is 6.92 Å². The SMILES string of the molecule is CCN(C(=O)C(C)CS(C)(=O)=O)c1cn(-c2cccnc2)nc1C. The number of sulfone groups is 1. The molecule has 2 aromatic heterocycles. The van der Waals surface area contributed by atoms with Crippen molar-refractivity contribution in [3.8, 4) is 5.69 Å². The van der Waals surface area contributed by atoms with Crippen LogP contribution in [0.15, 0.2) is 30.7 Å². The molecule has 24 heavy (non-hydrogen) atoms. The number of carbonyl (C=O) groups excluding carboxylic acids is 1. The monoisotopic (exact) mass is 350 g/mol. The lowest BCUT2D eigenvalue weighted by Gasteiger charge is -2.23. The van der Waals surface area contributed by atoms with Crippen molar-refractivity contribution in [3.63, 3.8) is 0 Å². The van der Waals surface area contributed by atoms with Gasteiger partial charge < -0.3 is 4.90 Å². The Morgan fingerprint density at radius 3 is 2.67 bits per heavy atom. The Morgan fingerprint density at radius 1 is 1.42 bits per heavy atom. The third-order valence-corrected chi connectivity index (χ3v) is 4.74. The van der Waals surface area contributed by atoms with E-state index in [1.165, 1.54) is 0 Å². The van der Waals surface area contributed by atoms with Crippen molar-refractivity contribution in [1.82, 2.24) is 14.8 Å². The minimum atomic E-state index is -3.22. The Bertz CT molecular complexity index is 815. The van der Waals surface area contributed by atoms with Crippen LogP contribution in [0.2, 0.25) is 0 Å². The van der Waals surface area contributed by atoms with Gasteiger partial charge in [-0.3, -0.25) is 9.78 Å². The second kappa shape index (κ2) is 7.12. The summed E-state index contributed by atoms with van der Waals surface area (Å²) in [6.45, 7) is 5.74. The van der Waals surface area contributed by atoms with E-state index in [0.29, 0.717) is 17.9 Å². The number of carbonyl (C=O) groups is 1. The van der Waals surface area contributed by atoms with Crippen molar-refractivity contribution in [2.24, 2.45) is 5.92 Å². The molecule has 0 aromatic carbocycles. The van der Waals surface area contributed by atoms with Gasteiger partial charge in [0.1, 0.15) is 9.84 Å². The molecule has 0 fully saturated rings. The highest BCUT2D eigenvalue weighted by molar-refractivity contribution is 7.90. The van der Waals surface area contributed by atoms with E-state index in [1.54, 1.807) is 35.1 Å². The van der Waals surface area contributed by atoms with E-state index in [2.05, 4.69) is 10.1 Å². The summed E-state index contributed by atoms with van der Waals surface area (Å²) in [7, 11) is -3.22. The first-order valence-electron chi connectivity index (χ1n) is 7.68. The van der Waals surface area contributed by atoms with Crippen LogP contribution in [-0.4, -0.2) is 47.6 Å². The molecule has 0 spiro atoms. The van der Waals surface area contributed by atoms with Crippen molar-refractivity contribution < 1.29 is 13.2 Å². The fourth-order valence-electron chi connectivity index (χ4n) is 2.57. The number of aryl methyl sites for hydroxylation is 1. The highest BCUT2D eigenvalue weighted by Gasteiger charge is 2.26. The molecule has 1 atom stereocenters. The van der Waals surface area contributed by atoms with Gasteiger partial charge in [-0.15, -0.1) is 0 Å². The number of amides is 1. The minimum absolute atomic E-state index is 0.169. The second-order valence-corrected chi connectivity index (χ2v) is 8.02. The van der Waals surface area contributed by atoms with Crippen LogP contribution < -0.4 is 4.90 Å². The number of anilines is 1. The Hall–Kier alpha value is -2.22. The number of rotatable bonds is 6. The predicted molar refractivity (Wildman–Crippen MR) is 93.0 cm³/mol. The van der Waals surface area contributed by atoms with Crippen molar-refractivity contribution in [2.45, 2.75) is 20.8 Å². The van der Waals surface area contributed by atoms with Crippen LogP contribution >= 0.6 is 0 Å². The van der Waals surface area contributed by atoms with Gasteiger partial charge in [-0.25, -0.2) is 13.1 Å². The normalized spacial score (nSPS) is 12.8. The van der Waals surface area contributed by atoms with Crippen molar-refractivity contribution in [2.75, 3.05) is 23.5 Å². The Morgan fingerprint density at radius 2 is 2.12 bits per heavy atom. The zero-order chi connectivity index (χ0) is 17.9. The molecule has 0 radical (unpaired) electrons. The highest BCUT2D eigenvalue weighted by Crippen LogP contribution is 2.23. The molecule has 0 N–H and O–H groups in total. The summed E-state index contributed by atoms with van der Waals surface area (Å²) in [6.07, 6.45) is 6.26. The van der Waals surface area contributed by atoms with Crippen LogP contribution in [-0.2, 0) is 14.6 Å². The molecule has 2 aromatic rings. The van der Waals surface area contributed by atoms with E-state index >= 15 is 0 Å². The topological polar surface area (TPSA) is 85.2 Å². The van der Waals surface area contributed by atoms with Crippen LogP contribution in [0.1, 0.15) is 19.5 Å². The van der Waals surface area contributed by atoms with E-state index in [0.717, 1.165) is 11.9 Å². The Kier molecular flexibility index (Phi) is 5.38. The van der Waals surface area contributed by atoms with E-state index in [1.807, 2.05) is 26.0 Å². The molecule has 130 valence electrons. The first kappa shape index (κ1) is 18.1. The molecule has 0 saturated carbocycles. The standard InChI is InChI=1S/C16H22N4O3S/c1-5-19(16(21)12(2)11-24(4,22)23)15-10-20(18-13(15)3)14-7-6-8-17-9-14/h6-10,12H,5,11H2,1-4H3. The summed E-state index contributed by atoms with van der Waals surface area (Å²) >= 11 is 0. The molecule has 0 saturated heterocycles. The Labute approximate surface area is 142 Å². The molecule has 0 aliphatic carbocycles. The lowest BCUT2D eigenvalue weighted by Crippen LogP contribution is -2.37. The van der Waals surface area contributed by atoms with Crippen molar-refractivity contribution >= 4 is 21.4 Å². The maximum absolute atomic E-state index is 12.7. The fraction of sp³-hybridized carbons (Fsp3) is 0.438. The maximum Gasteiger partial charge on any atom is 0.230 e. The van der Waals surface area contributed by atoms with Gasteiger partial charge in [-0.2, -0.15) is 5.10 Å². The van der Waals surface area contributed by atoms with Gasteiger partial charge in [0, 0.05) is 24.9 Å². The van der Waals surface area contributed by atoms with Crippen LogP contribution in [0.3, 0.4) is 0 Å². The lowest BCUT2D eigenvalue weighted by atomic mass is 10.1. The molecule has 0 aliphatic rings. The Balaban J connectivity index is 2.31. The zero-order valence-electron chi connectivity index (χ0n) is 14.3. The molecular formula is C16H22N4O3S. The molecule has 8 heteroatoms. The third-order valence-electron chi connectivity index (χ3n) is 3.63. The summed E-state index contributed by atoms with van der Waals surface area (Å²) < 4.78 is 24.6. The first-order valence-corrected chi connectivity index (χ1v) is 9.74. The number of hydrogen-bond donors (Lipinski definition) is 0. The summed E-state index contributed by atoms with van der Waals surface area (Å²) in [4.78, 5) is 18.3. The van der Waals surface area contributed by atoms with Crippen LogP contribution in [0.5, 0.6) is 0 Å². The summed E-state index contributed by atoms with van der Waals surface area (Å²) in [5.74, 6) is -1.00. The van der Waals surface area contributed by atoms with Gasteiger partial charge in [0.15, 0.2) is 0 Å². The maximum atomic E-state index is 12.7. The molecule has 2 heterocycles. The van der Waals surface area contributed by atoms with E-state index in [9.17, 15) is 13.2 Å². The first-order chi connectivity index (χ1) is 11.2. The van der Waals surface area contributed by atoms with Crippen LogP contribution in [0.25, 0.3) is 5.69 Å². The second-order valence-electron chi connectivity index (χ2n) is 5.83.